The van der Waals surface area contributed by atoms with E-state index in [4.69, 9.17) is 0 Å². The van der Waals surface area contributed by atoms with Gasteiger partial charge in [0.05, 0.1) is 0 Å². The number of rotatable bonds is 3. The highest BCUT2D eigenvalue weighted by molar-refractivity contribution is 7.86. The van der Waals surface area contributed by atoms with Gasteiger partial charge in [0, 0.05) is 46.8 Å². The Balaban J connectivity index is 2.21. The average Bonchev–Trinajstić information content (AvgIpc) is 2.92. The van der Waals surface area contributed by atoms with E-state index in [-0.39, 0.29) is 5.91 Å². The lowest BCUT2D eigenvalue weighted by atomic mass is 10.2. The van der Waals surface area contributed by atoms with Crippen LogP contribution in [0.4, 0.5) is 0 Å². The molecule has 0 aromatic carbocycles. The number of nitrogens with zero attached hydrogens (tertiary/aromatic N) is 3. The Kier molecular flexibility index (Phi) is 4.44. The number of hydrogen-bond donors (Lipinski definition) is 1. The number of nitrogens with one attached hydrogen (secondary N) is 1. The summed E-state index contributed by atoms with van der Waals surface area (Å²) in [6.07, 6.45) is 1.80. The fourth-order valence-electron chi connectivity index (χ4n) is 2.54. The number of piperazine rings is 1. The van der Waals surface area contributed by atoms with Gasteiger partial charge >= 0.3 is 0 Å². The highest BCUT2D eigenvalue weighted by Gasteiger charge is 2.41. The standard InChI is InChI=1S/C11H22N4O3S/c1-13(2)11(16)10-9-12-5-8-15(10)19(17,18)14-6-3-4-7-14/h10,12H,3-9H2,1-2H3. The number of carbonyl (C=O) groups excluding carboxylic acids is 1. The van der Waals surface area contributed by atoms with Gasteiger partial charge in [-0.1, -0.05) is 0 Å². The zero-order chi connectivity index (χ0) is 14.0. The predicted molar refractivity (Wildman–Crippen MR) is 71.8 cm³/mol. The molecule has 7 nitrogen and oxygen atoms in total. The summed E-state index contributed by atoms with van der Waals surface area (Å²) in [5, 5.41) is 3.09. The molecule has 2 saturated heterocycles. The van der Waals surface area contributed by atoms with Gasteiger partial charge < -0.3 is 10.2 Å². The van der Waals surface area contributed by atoms with E-state index in [9.17, 15) is 13.2 Å². The number of carbonyl (C=O) groups is 1. The van der Waals surface area contributed by atoms with Crippen LogP contribution in [0.3, 0.4) is 0 Å². The Labute approximate surface area is 114 Å². The van der Waals surface area contributed by atoms with Crippen LogP contribution in [-0.2, 0) is 15.0 Å². The average molecular weight is 290 g/mol. The molecular weight excluding hydrogens is 268 g/mol. The van der Waals surface area contributed by atoms with Crippen LogP contribution in [0.15, 0.2) is 0 Å². The molecule has 0 aliphatic carbocycles. The minimum absolute atomic E-state index is 0.171. The largest absolute Gasteiger partial charge is 0.347 e. The topological polar surface area (TPSA) is 73.0 Å². The molecule has 0 aromatic rings. The van der Waals surface area contributed by atoms with E-state index in [0.29, 0.717) is 32.7 Å². The third kappa shape index (κ3) is 2.91. The van der Waals surface area contributed by atoms with Crippen molar-refractivity contribution in [3.8, 4) is 0 Å². The fourth-order valence-corrected chi connectivity index (χ4v) is 4.36. The second-order valence-electron chi connectivity index (χ2n) is 5.18. The van der Waals surface area contributed by atoms with Crippen LogP contribution in [0.1, 0.15) is 12.8 Å². The quantitative estimate of drug-likeness (QED) is 0.700. The number of likely N-dealkylation sites (N-methyl/N-ethyl adjacent to an activating group) is 1. The van der Waals surface area contributed by atoms with Gasteiger partial charge in [0.25, 0.3) is 10.2 Å². The molecule has 2 aliphatic rings. The molecule has 0 spiro atoms. The van der Waals surface area contributed by atoms with Gasteiger partial charge in [-0.25, -0.2) is 0 Å². The molecule has 2 aliphatic heterocycles. The summed E-state index contributed by atoms with van der Waals surface area (Å²) in [7, 11) is -0.210. The molecule has 8 heteroatoms. The van der Waals surface area contributed by atoms with E-state index in [1.165, 1.54) is 13.5 Å². The highest BCUT2D eigenvalue weighted by atomic mass is 32.2. The molecule has 2 rings (SSSR count). The SMILES string of the molecule is CN(C)C(=O)C1CNCCN1S(=O)(=O)N1CCCC1. The molecule has 19 heavy (non-hydrogen) atoms. The molecule has 1 N–H and O–H groups in total. The van der Waals surface area contributed by atoms with Crippen LogP contribution in [0, 0.1) is 0 Å². The smallest absolute Gasteiger partial charge is 0.282 e. The summed E-state index contributed by atoms with van der Waals surface area (Å²) >= 11 is 0. The lowest BCUT2D eigenvalue weighted by molar-refractivity contribution is -0.133. The Morgan fingerprint density at radius 2 is 1.84 bits per heavy atom. The lowest BCUT2D eigenvalue weighted by Gasteiger charge is -2.37. The van der Waals surface area contributed by atoms with Crippen LogP contribution >= 0.6 is 0 Å². The second kappa shape index (κ2) is 5.74. The Hall–Kier alpha value is -0.700. The van der Waals surface area contributed by atoms with Crippen LogP contribution in [0.5, 0.6) is 0 Å². The first-order valence-electron chi connectivity index (χ1n) is 6.63. The van der Waals surface area contributed by atoms with Crippen molar-refractivity contribution in [1.82, 2.24) is 18.8 Å². The van der Waals surface area contributed by atoms with Crippen molar-refractivity contribution >= 4 is 16.1 Å². The molecule has 1 unspecified atom stereocenters. The van der Waals surface area contributed by atoms with E-state index in [2.05, 4.69) is 5.32 Å². The van der Waals surface area contributed by atoms with Crippen molar-refractivity contribution in [1.29, 1.82) is 0 Å². The summed E-state index contributed by atoms with van der Waals surface area (Å²) in [6, 6.07) is -0.630. The molecule has 1 amide bonds. The van der Waals surface area contributed by atoms with Gasteiger partial charge in [-0.3, -0.25) is 4.79 Å². The van der Waals surface area contributed by atoms with Crippen molar-refractivity contribution in [2.24, 2.45) is 0 Å². The first-order valence-corrected chi connectivity index (χ1v) is 8.03. The maximum atomic E-state index is 12.6. The van der Waals surface area contributed by atoms with Crippen molar-refractivity contribution < 1.29 is 13.2 Å². The summed E-state index contributed by atoms with van der Waals surface area (Å²) in [6.45, 7) is 2.45. The fraction of sp³-hybridized carbons (Fsp3) is 0.909. The van der Waals surface area contributed by atoms with E-state index in [1.807, 2.05) is 0 Å². The summed E-state index contributed by atoms with van der Waals surface area (Å²) in [5.41, 5.74) is 0. The number of amides is 1. The van der Waals surface area contributed by atoms with Gasteiger partial charge in [0.2, 0.25) is 5.91 Å². The monoisotopic (exact) mass is 290 g/mol. The molecule has 1 atom stereocenters. The maximum Gasteiger partial charge on any atom is 0.282 e. The third-order valence-corrected chi connectivity index (χ3v) is 5.66. The minimum atomic E-state index is -3.51. The van der Waals surface area contributed by atoms with E-state index >= 15 is 0 Å². The molecule has 0 bridgehead atoms. The van der Waals surface area contributed by atoms with Crippen LogP contribution in [0.25, 0.3) is 0 Å². The highest BCUT2D eigenvalue weighted by Crippen LogP contribution is 2.20. The molecule has 0 aromatic heterocycles. The summed E-state index contributed by atoms with van der Waals surface area (Å²) in [4.78, 5) is 13.6. The van der Waals surface area contributed by atoms with Crippen molar-refractivity contribution in [3.63, 3.8) is 0 Å². The Morgan fingerprint density at radius 1 is 1.21 bits per heavy atom. The lowest BCUT2D eigenvalue weighted by Crippen LogP contribution is -2.61. The Bertz CT molecular complexity index is 431. The van der Waals surface area contributed by atoms with Gasteiger partial charge in [-0.2, -0.15) is 17.0 Å². The van der Waals surface area contributed by atoms with Crippen molar-refractivity contribution in [2.75, 3.05) is 46.8 Å². The molecule has 110 valence electrons. The molecule has 0 radical (unpaired) electrons. The van der Waals surface area contributed by atoms with E-state index in [1.54, 1.807) is 14.1 Å². The van der Waals surface area contributed by atoms with Crippen molar-refractivity contribution in [3.05, 3.63) is 0 Å². The predicted octanol–water partition coefficient (Wildman–Crippen LogP) is -1.31. The van der Waals surface area contributed by atoms with E-state index in [0.717, 1.165) is 12.8 Å². The van der Waals surface area contributed by atoms with Gasteiger partial charge in [-0.15, -0.1) is 0 Å². The third-order valence-electron chi connectivity index (χ3n) is 3.61. The van der Waals surface area contributed by atoms with Crippen LogP contribution in [0.2, 0.25) is 0 Å². The van der Waals surface area contributed by atoms with E-state index < -0.39 is 16.3 Å². The first kappa shape index (κ1) is 14.7. The molecule has 2 fully saturated rings. The molecule has 0 saturated carbocycles. The van der Waals surface area contributed by atoms with Gasteiger partial charge in [-0.05, 0) is 12.8 Å². The van der Waals surface area contributed by atoms with Crippen molar-refractivity contribution in [2.45, 2.75) is 18.9 Å². The number of hydrogen-bond acceptors (Lipinski definition) is 4. The summed E-state index contributed by atoms with van der Waals surface area (Å²) < 4.78 is 28.0. The molecular formula is C11H22N4O3S. The normalized spacial score (nSPS) is 26.5. The minimum Gasteiger partial charge on any atom is -0.347 e. The van der Waals surface area contributed by atoms with Crippen LogP contribution < -0.4 is 5.32 Å². The van der Waals surface area contributed by atoms with Gasteiger partial charge in [0.1, 0.15) is 6.04 Å². The summed E-state index contributed by atoms with van der Waals surface area (Å²) in [5.74, 6) is -0.171. The zero-order valence-electron chi connectivity index (χ0n) is 11.5. The van der Waals surface area contributed by atoms with Gasteiger partial charge in [0.15, 0.2) is 0 Å². The molecule has 2 heterocycles. The van der Waals surface area contributed by atoms with Crippen LogP contribution in [-0.4, -0.2) is 80.7 Å². The Morgan fingerprint density at radius 3 is 2.42 bits per heavy atom. The zero-order valence-corrected chi connectivity index (χ0v) is 12.3. The first-order chi connectivity index (χ1) is 8.94. The second-order valence-corrected chi connectivity index (χ2v) is 7.06. The maximum absolute atomic E-state index is 12.6.